The molecule has 2 nitrogen and oxygen atoms in total. The summed E-state index contributed by atoms with van der Waals surface area (Å²) >= 11 is 5.86. The van der Waals surface area contributed by atoms with Crippen LogP contribution in [0.3, 0.4) is 0 Å². The van der Waals surface area contributed by atoms with Crippen LogP contribution in [0, 0.1) is 11.8 Å². The van der Waals surface area contributed by atoms with E-state index in [9.17, 15) is 0 Å². The van der Waals surface area contributed by atoms with Gasteiger partial charge < -0.3 is 0 Å². The van der Waals surface area contributed by atoms with Gasteiger partial charge in [0.2, 0.25) is 6.33 Å². The van der Waals surface area contributed by atoms with Gasteiger partial charge in [-0.05, 0) is 37.1 Å². The van der Waals surface area contributed by atoms with E-state index in [1.54, 1.807) is 0 Å². The Morgan fingerprint density at radius 1 is 1.09 bits per heavy atom. The van der Waals surface area contributed by atoms with E-state index < -0.39 is 0 Å². The number of aryl methyl sites for hydroxylation is 2. The van der Waals surface area contributed by atoms with Gasteiger partial charge >= 0.3 is 0 Å². The molecule has 2 rings (SSSR count). The third-order valence-corrected chi connectivity index (χ3v) is 4.09. The van der Waals surface area contributed by atoms with Crippen molar-refractivity contribution >= 4 is 11.6 Å². The SMILES string of the molecule is CCCCCCCn1cc[n+](CCC#Cc2ccc(Cl)cc2)c1. The maximum Gasteiger partial charge on any atom is 0.243 e. The maximum atomic E-state index is 5.86. The second-order valence-corrected chi connectivity index (χ2v) is 6.30. The summed E-state index contributed by atoms with van der Waals surface area (Å²) < 4.78 is 4.49. The minimum absolute atomic E-state index is 0.752. The molecule has 0 saturated carbocycles. The standard InChI is InChI=1S/C20H26ClN2/c1-2-3-4-5-7-14-22-16-17-23(18-22)15-8-6-9-19-10-12-20(21)13-11-19/h10-13,16-18H,2-5,7-8,14-15H2,1H3/q+1. The Bertz CT molecular complexity index is 632. The van der Waals surface area contributed by atoms with Gasteiger partial charge in [-0.15, -0.1) is 0 Å². The van der Waals surface area contributed by atoms with Gasteiger partial charge in [0.25, 0.3) is 0 Å². The molecule has 0 fully saturated rings. The lowest BCUT2D eigenvalue weighted by Gasteiger charge is -1.97. The number of nitrogens with zero attached hydrogens (tertiary/aromatic N) is 2. The molecule has 3 heteroatoms. The maximum absolute atomic E-state index is 5.86. The second-order valence-electron chi connectivity index (χ2n) is 5.86. The summed E-state index contributed by atoms with van der Waals surface area (Å²) in [6.45, 7) is 4.31. The molecule has 1 heterocycles. The molecule has 0 aliphatic heterocycles. The Kier molecular flexibility index (Phi) is 7.77. The highest BCUT2D eigenvalue weighted by Crippen LogP contribution is 2.08. The first-order valence-electron chi connectivity index (χ1n) is 8.57. The van der Waals surface area contributed by atoms with Crippen LogP contribution in [0.1, 0.15) is 51.0 Å². The number of imidazole rings is 1. The van der Waals surface area contributed by atoms with Gasteiger partial charge in [0.1, 0.15) is 18.9 Å². The van der Waals surface area contributed by atoms with Gasteiger partial charge in [0, 0.05) is 17.0 Å². The third kappa shape index (κ3) is 6.93. The van der Waals surface area contributed by atoms with Gasteiger partial charge in [-0.25, -0.2) is 9.13 Å². The number of benzene rings is 1. The van der Waals surface area contributed by atoms with E-state index in [1.165, 1.54) is 32.1 Å². The van der Waals surface area contributed by atoms with E-state index in [0.29, 0.717) is 0 Å². The molecule has 122 valence electrons. The highest BCUT2D eigenvalue weighted by molar-refractivity contribution is 6.30. The first kappa shape index (κ1) is 17.6. The van der Waals surface area contributed by atoms with Crippen molar-refractivity contribution in [2.45, 2.75) is 58.5 Å². The zero-order chi connectivity index (χ0) is 16.3. The van der Waals surface area contributed by atoms with Gasteiger partial charge in [0.15, 0.2) is 0 Å². The molecular weight excluding hydrogens is 304 g/mol. The lowest BCUT2D eigenvalue weighted by atomic mass is 10.1. The molecule has 0 bridgehead atoms. The zero-order valence-corrected chi connectivity index (χ0v) is 14.7. The molecule has 0 N–H and O–H groups in total. The molecule has 1 aromatic heterocycles. The fraction of sp³-hybridized carbons (Fsp3) is 0.450. The van der Waals surface area contributed by atoms with Crippen LogP contribution in [0.25, 0.3) is 0 Å². The van der Waals surface area contributed by atoms with Crippen molar-refractivity contribution < 1.29 is 4.57 Å². The first-order valence-corrected chi connectivity index (χ1v) is 8.95. The molecular formula is C20H26ClN2+. The van der Waals surface area contributed by atoms with Gasteiger partial charge in [0.05, 0.1) is 6.54 Å². The quantitative estimate of drug-likeness (QED) is 0.372. The molecule has 0 amide bonds. The van der Waals surface area contributed by atoms with Crippen molar-refractivity contribution in [1.29, 1.82) is 0 Å². The summed E-state index contributed by atoms with van der Waals surface area (Å²) in [6.07, 6.45) is 14.0. The first-order chi connectivity index (χ1) is 11.3. The summed E-state index contributed by atoms with van der Waals surface area (Å²) in [4.78, 5) is 0. The molecule has 0 aliphatic rings. The summed E-state index contributed by atoms with van der Waals surface area (Å²) in [5.41, 5.74) is 1.02. The lowest BCUT2D eigenvalue weighted by Crippen LogP contribution is -2.30. The van der Waals surface area contributed by atoms with Crippen LogP contribution in [0.5, 0.6) is 0 Å². The fourth-order valence-electron chi connectivity index (χ4n) is 2.48. The van der Waals surface area contributed by atoms with Crippen molar-refractivity contribution in [2.75, 3.05) is 0 Å². The predicted octanol–water partition coefficient (Wildman–Crippen LogP) is 4.84. The topological polar surface area (TPSA) is 8.81 Å². The Labute approximate surface area is 145 Å². The van der Waals surface area contributed by atoms with Crippen LogP contribution in [-0.2, 0) is 13.1 Å². The number of hydrogen-bond donors (Lipinski definition) is 0. The van der Waals surface area contributed by atoms with Crippen molar-refractivity contribution in [3.63, 3.8) is 0 Å². The van der Waals surface area contributed by atoms with E-state index >= 15 is 0 Å². The summed E-state index contributed by atoms with van der Waals surface area (Å²) in [6, 6.07) is 7.66. The Morgan fingerprint density at radius 2 is 1.87 bits per heavy atom. The van der Waals surface area contributed by atoms with Crippen LogP contribution in [-0.4, -0.2) is 4.57 Å². The number of unbranched alkanes of at least 4 members (excludes halogenated alkanes) is 4. The number of hydrogen-bond acceptors (Lipinski definition) is 0. The molecule has 0 atom stereocenters. The van der Waals surface area contributed by atoms with E-state index in [-0.39, 0.29) is 0 Å². The normalized spacial score (nSPS) is 10.3. The molecule has 23 heavy (non-hydrogen) atoms. The van der Waals surface area contributed by atoms with Crippen molar-refractivity contribution in [3.05, 3.63) is 53.6 Å². The average molecular weight is 330 g/mol. The lowest BCUT2D eigenvalue weighted by molar-refractivity contribution is -0.695. The van der Waals surface area contributed by atoms with Crippen LogP contribution < -0.4 is 4.57 Å². The van der Waals surface area contributed by atoms with Crippen molar-refractivity contribution in [3.8, 4) is 11.8 Å². The summed E-state index contributed by atoms with van der Waals surface area (Å²) in [5.74, 6) is 6.40. The van der Waals surface area contributed by atoms with E-state index in [4.69, 9.17) is 11.6 Å². The minimum Gasteiger partial charge on any atom is -0.237 e. The number of rotatable bonds is 8. The molecule has 1 aromatic carbocycles. The minimum atomic E-state index is 0.752. The fourth-order valence-corrected chi connectivity index (χ4v) is 2.61. The summed E-state index contributed by atoms with van der Waals surface area (Å²) in [5, 5.41) is 0.752. The molecule has 0 unspecified atom stereocenters. The van der Waals surface area contributed by atoms with Gasteiger partial charge in [-0.3, -0.25) is 0 Å². The van der Waals surface area contributed by atoms with E-state index in [2.05, 4.69) is 46.6 Å². The predicted molar refractivity (Wildman–Crippen MR) is 96.3 cm³/mol. The molecule has 0 saturated heterocycles. The van der Waals surface area contributed by atoms with E-state index in [0.717, 1.165) is 30.1 Å². The van der Waals surface area contributed by atoms with Crippen LogP contribution in [0.2, 0.25) is 5.02 Å². The average Bonchev–Trinajstić information content (AvgIpc) is 3.01. The third-order valence-electron chi connectivity index (χ3n) is 3.84. The van der Waals surface area contributed by atoms with Gasteiger partial charge in [-0.2, -0.15) is 0 Å². The van der Waals surface area contributed by atoms with Crippen molar-refractivity contribution in [1.82, 2.24) is 4.57 Å². The zero-order valence-electron chi connectivity index (χ0n) is 14.0. The Balaban J connectivity index is 1.69. The second kappa shape index (κ2) is 10.1. The van der Waals surface area contributed by atoms with Crippen LogP contribution in [0.4, 0.5) is 0 Å². The number of aromatic nitrogens is 2. The highest BCUT2D eigenvalue weighted by Gasteiger charge is 2.02. The Hall–Kier alpha value is -1.72. The van der Waals surface area contributed by atoms with Crippen molar-refractivity contribution in [2.24, 2.45) is 0 Å². The summed E-state index contributed by atoms with van der Waals surface area (Å²) in [7, 11) is 0. The molecule has 0 aliphatic carbocycles. The van der Waals surface area contributed by atoms with Gasteiger partial charge in [-0.1, -0.05) is 49.6 Å². The molecule has 2 aromatic rings. The Morgan fingerprint density at radius 3 is 2.65 bits per heavy atom. The monoisotopic (exact) mass is 329 g/mol. The molecule has 0 spiro atoms. The highest BCUT2D eigenvalue weighted by atomic mass is 35.5. The van der Waals surface area contributed by atoms with Crippen LogP contribution in [0.15, 0.2) is 43.0 Å². The van der Waals surface area contributed by atoms with Crippen LogP contribution >= 0.6 is 11.6 Å². The smallest absolute Gasteiger partial charge is 0.237 e. The molecule has 0 radical (unpaired) electrons. The number of halogens is 1. The largest absolute Gasteiger partial charge is 0.243 e. The van der Waals surface area contributed by atoms with E-state index in [1.807, 2.05) is 24.3 Å².